The van der Waals surface area contributed by atoms with Gasteiger partial charge in [-0.1, -0.05) is 29.8 Å². The van der Waals surface area contributed by atoms with Gasteiger partial charge in [0.15, 0.2) is 0 Å². The second-order valence-electron chi connectivity index (χ2n) is 7.08. The van der Waals surface area contributed by atoms with E-state index in [9.17, 15) is 9.59 Å². The van der Waals surface area contributed by atoms with Crippen LogP contribution in [0.25, 0.3) is 0 Å². The summed E-state index contributed by atoms with van der Waals surface area (Å²) in [7, 11) is 3.09. The van der Waals surface area contributed by atoms with Gasteiger partial charge in [0.05, 0.1) is 30.5 Å². The van der Waals surface area contributed by atoms with Crippen molar-refractivity contribution in [3.05, 3.63) is 82.8 Å². The van der Waals surface area contributed by atoms with Crippen LogP contribution in [0, 0.1) is 0 Å². The number of esters is 1. The fraction of sp³-hybridized carbons (Fsp3) is 0.250. The van der Waals surface area contributed by atoms with Gasteiger partial charge in [0, 0.05) is 31.3 Å². The average molecular weight is 469 g/mol. The van der Waals surface area contributed by atoms with Crippen LogP contribution in [-0.4, -0.2) is 48.7 Å². The number of ether oxygens (including phenoxy) is 2. The van der Waals surface area contributed by atoms with Crippen LogP contribution in [0.3, 0.4) is 0 Å². The number of aromatic nitrogens is 2. The predicted molar refractivity (Wildman–Crippen MR) is 126 cm³/mol. The molecule has 2 aromatic heterocycles. The Balaban J connectivity index is 1.58. The summed E-state index contributed by atoms with van der Waals surface area (Å²) < 4.78 is 10.6. The molecule has 0 unspecified atom stereocenters. The lowest BCUT2D eigenvalue weighted by Gasteiger charge is -2.17. The lowest BCUT2D eigenvalue weighted by Crippen LogP contribution is -2.43. The first kappa shape index (κ1) is 24.0. The summed E-state index contributed by atoms with van der Waals surface area (Å²) in [4.78, 5) is 33.6. The van der Waals surface area contributed by atoms with E-state index in [0.29, 0.717) is 29.5 Å². The molecule has 33 heavy (non-hydrogen) atoms. The molecular weight excluding hydrogens is 444 g/mol. The normalized spacial score (nSPS) is 11.4. The van der Waals surface area contributed by atoms with Crippen LogP contribution < -0.4 is 15.4 Å². The highest BCUT2D eigenvalue weighted by molar-refractivity contribution is 6.33. The lowest BCUT2D eigenvalue weighted by atomic mass is 10.1. The third-order valence-electron chi connectivity index (χ3n) is 4.81. The van der Waals surface area contributed by atoms with Crippen LogP contribution in [0.4, 0.5) is 5.82 Å². The van der Waals surface area contributed by atoms with Gasteiger partial charge in [-0.25, -0.2) is 9.78 Å². The van der Waals surface area contributed by atoms with Crippen LogP contribution in [0.15, 0.2) is 60.8 Å². The maximum Gasteiger partial charge on any atom is 0.328 e. The summed E-state index contributed by atoms with van der Waals surface area (Å²) in [5, 5.41) is 5.97. The largest absolute Gasteiger partial charge is 0.492 e. The van der Waals surface area contributed by atoms with Crippen molar-refractivity contribution in [3.63, 3.8) is 0 Å². The van der Waals surface area contributed by atoms with Crippen molar-refractivity contribution >= 4 is 29.3 Å². The van der Waals surface area contributed by atoms with Gasteiger partial charge in [-0.2, -0.15) is 0 Å². The molecule has 9 heteroatoms. The summed E-state index contributed by atoms with van der Waals surface area (Å²) >= 11 is 6.08. The first-order chi connectivity index (χ1) is 16.0. The highest BCUT2D eigenvalue weighted by Crippen LogP contribution is 2.16. The Hall–Kier alpha value is -3.65. The zero-order chi connectivity index (χ0) is 23.6. The molecule has 3 rings (SSSR count). The third kappa shape index (κ3) is 6.92. The van der Waals surface area contributed by atoms with Crippen molar-refractivity contribution < 1.29 is 19.1 Å². The molecule has 1 aromatic carbocycles. The van der Waals surface area contributed by atoms with Crippen molar-refractivity contribution in [3.8, 4) is 5.75 Å². The average Bonchev–Trinajstić information content (AvgIpc) is 2.84. The van der Waals surface area contributed by atoms with Crippen LogP contribution in [-0.2, 0) is 22.4 Å². The summed E-state index contributed by atoms with van der Waals surface area (Å²) in [6, 6.07) is 15.0. The molecule has 1 atom stereocenters. The van der Waals surface area contributed by atoms with Gasteiger partial charge in [0.1, 0.15) is 17.6 Å². The second-order valence-corrected chi connectivity index (χ2v) is 7.49. The van der Waals surface area contributed by atoms with E-state index in [2.05, 4.69) is 20.6 Å². The molecule has 0 bridgehead atoms. The number of methoxy groups -OCH3 is 1. The van der Waals surface area contributed by atoms with Crippen molar-refractivity contribution in [1.82, 2.24) is 15.3 Å². The van der Waals surface area contributed by atoms with E-state index in [4.69, 9.17) is 21.1 Å². The molecule has 1 amide bonds. The van der Waals surface area contributed by atoms with Crippen molar-refractivity contribution in [2.24, 2.45) is 0 Å². The Labute approximate surface area is 197 Å². The van der Waals surface area contributed by atoms with E-state index in [-0.39, 0.29) is 12.0 Å². The number of hydrogen-bond acceptors (Lipinski definition) is 7. The molecule has 0 saturated heterocycles. The molecule has 0 aliphatic carbocycles. The van der Waals surface area contributed by atoms with E-state index < -0.39 is 17.9 Å². The maximum absolute atomic E-state index is 12.6. The summed E-state index contributed by atoms with van der Waals surface area (Å²) in [6.07, 6.45) is 2.39. The van der Waals surface area contributed by atoms with Gasteiger partial charge in [-0.3, -0.25) is 9.78 Å². The molecule has 0 radical (unpaired) electrons. The Morgan fingerprint density at radius 3 is 2.58 bits per heavy atom. The SMILES string of the molecule is CNc1cccc(CCOc2ccc(C[C@H](NC(=O)c3ccccc3Cl)C(=O)OC)nc2)n1. The van der Waals surface area contributed by atoms with Gasteiger partial charge in [0.25, 0.3) is 5.91 Å². The molecule has 172 valence electrons. The maximum atomic E-state index is 12.6. The van der Waals surface area contributed by atoms with Crippen LogP contribution >= 0.6 is 11.6 Å². The number of hydrogen-bond donors (Lipinski definition) is 2. The van der Waals surface area contributed by atoms with Crippen molar-refractivity contribution in [2.75, 3.05) is 26.1 Å². The number of carbonyl (C=O) groups excluding carboxylic acids is 2. The van der Waals surface area contributed by atoms with Gasteiger partial charge in [0.2, 0.25) is 0 Å². The number of nitrogens with zero attached hydrogens (tertiary/aromatic N) is 2. The van der Waals surface area contributed by atoms with Crippen LogP contribution in [0.5, 0.6) is 5.75 Å². The zero-order valence-corrected chi connectivity index (χ0v) is 19.1. The molecular formula is C24H25ClN4O4. The third-order valence-corrected chi connectivity index (χ3v) is 5.14. The van der Waals surface area contributed by atoms with Crippen LogP contribution in [0.1, 0.15) is 21.7 Å². The minimum atomic E-state index is -0.913. The molecule has 0 aliphatic heterocycles. The first-order valence-electron chi connectivity index (χ1n) is 10.3. The number of amides is 1. The summed E-state index contributed by atoms with van der Waals surface area (Å²) in [5.74, 6) is 0.360. The van der Waals surface area contributed by atoms with E-state index in [1.165, 1.54) is 7.11 Å². The van der Waals surface area contributed by atoms with Crippen molar-refractivity contribution in [1.29, 1.82) is 0 Å². The lowest BCUT2D eigenvalue weighted by molar-refractivity contribution is -0.142. The Morgan fingerprint density at radius 2 is 1.88 bits per heavy atom. The molecule has 0 saturated carbocycles. The molecule has 0 fully saturated rings. The van der Waals surface area contributed by atoms with E-state index >= 15 is 0 Å². The van der Waals surface area contributed by atoms with Crippen LogP contribution in [0.2, 0.25) is 5.02 Å². The Morgan fingerprint density at radius 1 is 1.06 bits per heavy atom. The first-order valence-corrected chi connectivity index (χ1v) is 10.7. The van der Waals surface area contributed by atoms with Crippen molar-refractivity contribution in [2.45, 2.75) is 18.9 Å². The molecule has 8 nitrogen and oxygen atoms in total. The monoisotopic (exact) mass is 468 g/mol. The number of rotatable bonds is 10. The quantitative estimate of drug-likeness (QED) is 0.440. The van der Waals surface area contributed by atoms with E-state index in [1.807, 2.05) is 25.2 Å². The molecule has 2 heterocycles. The number of benzene rings is 1. The van der Waals surface area contributed by atoms with E-state index in [1.54, 1.807) is 42.6 Å². The molecule has 3 aromatic rings. The fourth-order valence-electron chi connectivity index (χ4n) is 3.07. The standard InChI is InChI=1S/C24H25ClN4O4/c1-26-22-9-5-6-16(28-22)12-13-33-18-11-10-17(27-15-18)14-21(24(31)32-2)29-23(30)19-7-3-4-8-20(19)25/h3-11,15,21H,12-14H2,1-2H3,(H,26,28)(H,29,30)/t21-/m0/s1. The Kier molecular flexibility index (Phi) is 8.60. The molecule has 0 aliphatic rings. The highest BCUT2D eigenvalue weighted by atomic mass is 35.5. The number of anilines is 1. The number of halogens is 1. The van der Waals surface area contributed by atoms with Gasteiger partial charge in [-0.05, 0) is 36.4 Å². The minimum absolute atomic E-state index is 0.157. The summed E-state index contributed by atoms with van der Waals surface area (Å²) in [6.45, 7) is 0.444. The number of carbonyl (C=O) groups is 2. The summed E-state index contributed by atoms with van der Waals surface area (Å²) in [5.41, 5.74) is 1.79. The minimum Gasteiger partial charge on any atom is -0.492 e. The van der Waals surface area contributed by atoms with Gasteiger partial charge < -0.3 is 20.1 Å². The fourth-order valence-corrected chi connectivity index (χ4v) is 3.30. The highest BCUT2D eigenvalue weighted by Gasteiger charge is 2.24. The number of nitrogens with one attached hydrogen (secondary N) is 2. The zero-order valence-electron chi connectivity index (χ0n) is 18.4. The van der Waals surface area contributed by atoms with Gasteiger partial charge >= 0.3 is 5.97 Å². The molecule has 2 N–H and O–H groups in total. The number of pyridine rings is 2. The molecule has 0 spiro atoms. The second kappa shape index (κ2) is 11.8. The van der Waals surface area contributed by atoms with Gasteiger partial charge in [-0.15, -0.1) is 0 Å². The predicted octanol–water partition coefficient (Wildman–Crippen LogP) is 3.31. The topological polar surface area (TPSA) is 102 Å². The van der Waals surface area contributed by atoms with E-state index in [0.717, 1.165) is 11.5 Å². The Bertz CT molecular complexity index is 1090. The smallest absolute Gasteiger partial charge is 0.328 e.